The summed E-state index contributed by atoms with van der Waals surface area (Å²) in [7, 11) is 0. The van der Waals surface area contributed by atoms with Crippen LogP contribution in [0.15, 0.2) is 34.9 Å². The van der Waals surface area contributed by atoms with Crippen molar-refractivity contribution in [3.05, 3.63) is 47.6 Å². The first-order valence-electron chi connectivity index (χ1n) is 5.73. The molecule has 17 heavy (non-hydrogen) atoms. The molecular weight excluding hydrogens is 214 g/mol. The van der Waals surface area contributed by atoms with Gasteiger partial charge in [0.05, 0.1) is 5.41 Å². The van der Waals surface area contributed by atoms with Gasteiger partial charge >= 0.3 is 0 Å². The Kier molecular flexibility index (Phi) is 3.24. The monoisotopic (exact) mass is 231 g/mol. The van der Waals surface area contributed by atoms with Crippen molar-refractivity contribution >= 4 is 0 Å². The molecule has 0 bridgehead atoms. The maximum atomic E-state index is 5.47. The third kappa shape index (κ3) is 2.36. The number of nitrogens with zero attached hydrogens (tertiary/aromatic N) is 2. The molecule has 2 rings (SSSR count). The van der Waals surface area contributed by atoms with Crippen LogP contribution in [0.2, 0.25) is 0 Å². The van der Waals surface area contributed by atoms with Crippen LogP contribution >= 0.6 is 0 Å². The highest BCUT2D eigenvalue weighted by atomic mass is 16.5. The van der Waals surface area contributed by atoms with Gasteiger partial charge in [-0.15, -0.1) is 0 Å². The van der Waals surface area contributed by atoms with Crippen LogP contribution in [0.3, 0.4) is 0 Å². The Morgan fingerprint density at radius 2 is 1.94 bits per heavy atom. The standard InChI is InChI=1S/C13H17N3O/c1-13(2,10-6-4-3-5-7-10)12-15-11(8-9-14)16-17-12/h3-7H,8-9,14H2,1-2H3. The molecule has 0 amide bonds. The lowest BCUT2D eigenvalue weighted by molar-refractivity contribution is 0.329. The molecule has 1 heterocycles. The molecule has 0 fully saturated rings. The SMILES string of the molecule is CC(C)(c1ccccc1)c1nc(CCN)no1. The quantitative estimate of drug-likeness (QED) is 0.872. The Morgan fingerprint density at radius 3 is 2.59 bits per heavy atom. The number of benzene rings is 1. The zero-order valence-electron chi connectivity index (χ0n) is 10.2. The number of aromatic nitrogens is 2. The van der Waals surface area contributed by atoms with Crippen LogP contribution in [0.1, 0.15) is 31.1 Å². The van der Waals surface area contributed by atoms with Gasteiger partial charge in [0.2, 0.25) is 5.89 Å². The summed E-state index contributed by atoms with van der Waals surface area (Å²) >= 11 is 0. The summed E-state index contributed by atoms with van der Waals surface area (Å²) in [6.45, 7) is 4.68. The molecule has 0 spiro atoms. The molecule has 4 heteroatoms. The van der Waals surface area contributed by atoms with E-state index in [0.717, 1.165) is 5.56 Å². The molecule has 0 unspecified atom stereocenters. The lowest BCUT2D eigenvalue weighted by atomic mass is 9.84. The third-order valence-electron chi connectivity index (χ3n) is 2.87. The lowest BCUT2D eigenvalue weighted by Gasteiger charge is -2.20. The van der Waals surface area contributed by atoms with Crippen LogP contribution < -0.4 is 5.73 Å². The van der Waals surface area contributed by atoms with Gasteiger partial charge < -0.3 is 10.3 Å². The largest absolute Gasteiger partial charge is 0.338 e. The summed E-state index contributed by atoms with van der Waals surface area (Å²) < 4.78 is 5.32. The van der Waals surface area contributed by atoms with E-state index in [1.807, 2.05) is 18.2 Å². The Hall–Kier alpha value is -1.68. The molecule has 0 saturated carbocycles. The molecule has 0 aliphatic carbocycles. The van der Waals surface area contributed by atoms with Crippen LogP contribution in [-0.2, 0) is 11.8 Å². The summed E-state index contributed by atoms with van der Waals surface area (Å²) in [5.74, 6) is 1.30. The Labute approximate surface area is 101 Å². The van der Waals surface area contributed by atoms with Crippen molar-refractivity contribution in [3.63, 3.8) is 0 Å². The fourth-order valence-corrected chi connectivity index (χ4v) is 1.72. The topological polar surface area (TPSA) is 64.9 Å². The normalized spacial score (nSPS) is 11.7. The van der Waals surface area contributed by atoms with Gasteiger partial charge in [-0.2, -0.15) is 4.98 Å². The molecular formula is C13H17N3O. The third-order valence-corrected chi connectivity index (χ3v) is 2.87. The molecule has 2 N–H and O–H groups in total. The molecule has 4 nitrogen and oxygen atoms in total. The van der Waals surface area contributed by atoms with Crippen molar-refractivity contribution in [1.82, 2.24) is 10.1 Å². The van der Waals surface area contributed by atoms with Crippen molar-refractivity contribution in [1.29, 1.82) is 0 Å². The van der Waals surface area contributed by atoms with Crippen LogP contribution in [0.25, 0.3) is 0 Å². The molecule has 0 aliphatic heterocycles. The van der Waals surface area contributed by atoms with Gasteiger partial charge in [0.1, 0.15) is 0 Å². The van der Waals surface area contributed by atoms with E-state index < -0.39 is 0 Å². The summed E-state index contributed by atoms with van der Waals surface area (Å²) in [6.07, 6.45) is 0.647. The van der Waals surface area contributed by atoms with Crippen molar-refractivity contribution in [2.75, 3.05) is 6.54 Å². The molecule has 0 saturated heterocycles. The highest BCUT2D eigenvalue weighted by Crippen LogP contribution is 2.29. The molecule has 2 aromatic rings. The van der Waals surface area contributed by atoms with Gasteiger partial charge in [0.15, 0.2) is 5.82 Å². The van der Waals surface area contributed by atoms with Gasteiger partial charge in [-0.25, -0.2) is 0 Å². The predicted octanol–water partition coefficient (Wildman–Crippen LogP) is 1.90. The average Bonchev–Trinajstić information content (AvgIpc) is 2.80. The fourth-order valence-electron chi connectivity index (χ4n) is 1.72. The smallest absolute Gasteiger partial charge is 0.236 e. The second-order valence-corrected chi connectivity index (χ2v) is 4.55. The first-order chi connectivity index (χ1) is 8.14. The first kappa shape index (κ1) is 11.8. The van der Waals surface area contributed by atoms with Gasteiger partial charge in [-0.3, -0.25) is 0 Å². The van der Waals surface area contributed by atoms with Crippen molar-refractivity contribution in [2.45, 2.75) is 25.7 Å². The Balaban J connectivity index is 2.31. The van der Waals surface area contributed by atoms with E-state index in [1.165, 1.54) is 0 Å². The van der Waals surface area contributed by atoms with Crippen LogP contribution in [0.4, 0.5) is 0 Å². The summed E-state index contributed by atoms with van der Waals surface area (Å²) in [5, 5.41) is 3.93. The number of nitrogens with two attached hydrogens (primary N) is 1. The van der Waals surface area contributed by atoms with Gasteiger partial charge in [0, 0.05) is 6.42 Å². The highest BCUT2D eigenvalue weighted by Gasteiger charge is 2.29. The van der Waals surface area contributed by atoms with E-state index in [-0.39, 0.29) is 5.41 Å². The van der Waals surface area contributed by atoms with Crippen LogP contribution in [0.5, 0.6) is 0 Å². The Bertz CT molecular complexity index is 476. The minimum atomic E-state index is -0.277. The van der Waals surface area contributed by atoms with Gasteiger partial charge in [-0.1, -0.05) is 35.5 Å². The minimum Gasteiger partial charge on any atom is -0.338 e. The highest BCUT2D eigenvalue weighted by molar-refractivity contribution is 5.29. The van der Waals surface area contributed by atoms with Crippen molar-refractivity contribution in [3.8, 4) is 0 Å². The molecule has 1 aromatic carbocycles. The zero-order chi connectivity index (χ0) is 12.3. The summed E-state index contributed by atoms with van der Waals surface area (Å²) in [5.41, 5.74) is 6.35. The molecule has 0 atom stereocenters. The zero-order valence-corrected chi connectivity index (χ0v) is 10.2. The van der Waals surface area contributed by atoms with Crippen LogP contribution in [0, 0.1) is 0 Å². The fraction of sp³-hybridized carbons (Fsp3) is 0.385. The lowest BCUT2D eigenvalue weighted by Crippen LogP contribution is -2.19. The van der Waals surface area contributed by atoms with E-state index in [0.29, 0.717) is 24.7 Å². The van der Waals surface area contributed by atoms with Gasteiger partial charge in [-0.05, 0) is 26.0 Å². The molecule has 0 aliphatic rings. The second kappa shape index (κ2) is 4.67. The van der Waals surface area contributed by atoms with E-state index in [2.05, 4.69) is 36.1 Å². The number of hydrogen-bond acceptors (Lipinski definition) is 4. The van der Waals surface area contributed by atoms with Crippen molar-refractivity contribution < 1.29 is 4.52 Å². The minimum absolute atomic E-state index is 0.277. The molecule has 0 radical (unpaired) electrons. The maximum absolute atomic E-state index is 5.47. The Morgan fingerprint density at radius 1 is 1.24 bits per heavy atom. The summed E-state index contributed by atoms with van der Waals surface area (Å²) in [4.78, 5) is 4.39. The van der Waals surface area contributed by atoms with E-state index in [4.69, 9.17) is 10.3 Å². The summed E-state index contributed by atoms with van der Waals surface area (Å²) in [6, 6.07) is 10.1. The van der Waals surface area contributed by atoms with E-state index >= 15 is 0 Å². The number of rotatable bonds is 4. The molecule has 1 aromatic heterocycles. The van der Waals surface area contributed by atoms with Gasteiger partial charge in [0.25, 0.3) is 0 Å². The average molecular weight is 231 g/mol. The second-order valence-electron chi connectivity index (χ2n) is 4.55. The predicted molar refractivity (Wildman–Crippen MR) is 65.6 cm³/mol. The maximum Gasteiger partial charge on any atom is 0.236 e. The van der Waals surface area contributed by atoms with Crippen molar-refractivity contribution in [2.24, 2.45) is 5.73 Å². The molecule has 90 valence electrons. The van der Waals surface area contributed by atoms with Crippen LogP contribution in [-0.4, -0.2) is 16.7 Å². The number of hydrogen-bond donors (Lipinski definition) is 1. The van der Waals surface area contributed by atoms with E-state index in [9.17, 15) is 0 Å². The van der Waals surface area contributed by atoms with E-state index in [1.54, 1.807) is 0 Å². The first-order valence-corrected chi connectivity index (χ1v) is 5.73.